The summed E-state index contributed by atoms with van der Waals surface area (Å²) in [5, 5.41) is 13.9. The smallest absolute Gasteiger partial charge is 0.407 e. The first-order valence-electron chi connectivity index (χ1n) is 6.08. The van der Waals surface area contributed by atoms with Crippen molar-refractivity contribution in [3.05, 3.63) is 23.6 Å². The maximum atomic E-state index is 13.3. The zero-order valence-corrected chi connectivity index (χ0v) is 11.7. The molecule has 0 aromatic carbocycles. The maximum Gasteiger partial charge on any atom is 0.407 e. The van der Waals surface area contributed by atoms with Gasteiger partial charge in [0.2, 0.25) is 0 Å². The van der Waals surface area contributed by atoms with Crippen molar-refractivity contribution in [2.75, 3.05) is 18.4 Å². The number of amides is 1. The molecule has 0 aliphatic carbocycles. The number of rotatable bonds is 4. The van der Waals surface area contributed by atoms with Crippen LogP contribution in [-0.2, 0) is 4.74 Å². The van der Waals surface area contributed by atoms with Crippen LogP contribution in [0.1, 0.15) is 26.3 Å². The molecule has 0 aliphatic heterocycles. The number of carbonyl (C=O) groups excluding carboxylic acids is 1. The quantitative estimate of drug-likeness (QED) is 0.824. The number of alkyl carbamates (subject to hydrolysis) is 1. The maximum absolute atomic E-state index is 13.3. The van der Waals surface area contributed by atoms with Crippen LogP contribution in [0.3, 0.4) is 0 Å². The molecule has 0 spiro atoms. The van der Waals surface area contributed by atoms with Gasteiger partial charge in [0.05, 0.1) is 6.20 Å². The molecule has 0 aliphatic rings. The average molecular weight is 280 g/mol. The zero-order valence-electron chi connectivity index (χ0n) is 11.7. The van der Waals surface area contributed by atoms with Crippen LogP contribution in [0.15, 0.2) is 12.3 Å². The average Bonchev–Trinajstić information content (AvgIpc) is 2.33. The minimum atomic E-state index is -0.634. The number of hydrogen-bond acceptors (Lipinski definition) is 5. The van der Waals surface area contributed by atoms with Gasteiger partial charge in [-0.05, 0) is 20.8 Å². The van der Waals surface area contributed by atoms with Gasteiger partial charge in [0.15, 0.2) is 0 Å². The largest absolute Gasteiger partial charge is 0.444 e. The van der Waals surface area contributed by atoms with Crippen molar-refractivity contribution < 1.29 is 13.9 Å². The summed E-state index contributed by atoms with van der Waals surface area (Å²) in [7, 11) is 0. The van der Waals surface area contributed by atoms with Crippen LogP contribution < -0.4 is 10.6 Å². The number of anilines is 1. The van der Waals surface area contributed by atoms with Crippen LogP contribution in [0.4, 0.5) is 15.0 Å². The van der Waals surface area contributed by atoms with E-state index in [2.05, 4.69) is 15.6 Å². The fourth-order valence-electron chi connectivity index (χ4n) is 1.28. The molecule has 1 aromatic rings. The molecular weight excluding hydrogens is 263 g/mol. The molecule has 6 nitrogen and oxygen atoms in total. The highest BCUT2D eigenvalue weighted by Gasteiger charge is 2.15. The molecule has 1 rings (SSSR count). The number of pyridine rings is 1. The van der Waals surface area contributed by atoms with Gasteiger partial charge in [0, 0.05) is 19.2 Å². The predicted molar refractivity (Wildman–Crippen MR) is 71.6 cm³/mol. The van der Waals surface area contributed by atoms with E-state index in [0.717, 1.165) is 12.3 Å². The lowest BCUT2D eigenvalue weighted by atomic mass is 10.2. The Morgan fingerprint density at radius 2 is 2.20 bits per heavy atom. The Hall–Kier alpha value is -2.36. The minimum absolute atomic E-state index is 0.109. The Bertz CT molecular complexity index is 520. The van der Waals surface area contributed by atoms with E-state index >= 15 is 0 Å². The lowest BCUT2D eigenvalue weighted by molar-refractivity contribution is 0.0530. The third-order valence-corrected chi connectivity index (χ3v) is 2.07. The SMILES string of the molecule is CC(C)(C)OC(=O)NCCNc1cc(F)c(C#N)cn1. The molecule has 0 radical (unpaired) electrons. The van der Waals surface area contributed by atoms with E-state index in [1.807, 2.05) is 0 Å². The second-order valence-electron chi connectivity index (χ2n) is 5.02. The number of halogens is 1. The number of aromatic nitrogens is 1. The summed E-state index contributed by atoms with van der Waals surface area (Å²) >= 11 is 0. The molecular formula is C13H17FN4O2. The van der Waals surface area contributed by atoms with Crippen LogP contribution in [0.2, 0.25) is 0 Å². The molecule has 0 saturated carbocycles. The van der Waals surface area contributed by atoms with E-state index in [4.69, 9.17) is 10.00 Å². The van der Waals surface area contributed by atoms with Gasteiger partial charge in [-0.3, -0.25) is 0 Å². The van der Waals surface area contributed by atoms with Crippen LogP contribution in [0, 0.1) is 17.1 Å². The van der Waals surface area contributed by atoms with Crippen LogP contribution in [-0.4, -0.2) is 29.8 Å². The van der Waals surface area contributed by atoms with Gasteiger partial charge in [-0.2, -0.15) is 5.26 Å². The van der Waals surface area contributed by atoms with Gasteiger partial charge in [0.1, 0.15) is 28.9 Å². The Morgan fingerprint density at radius 1 is 1.50 bits per heavy atom. The third kappa shape index (κ3) is 5.52. The second-order valence-corrected chi connectivity index (χ2v) is 5.02. The van der Waals surface area contributed by atoms with E-state index < -0.39 is 17.5 Å². The van der Waals surface area contributed by atoms with Crippen LogP contribution >= 0.6 is 0 Å². The third-order valence-electron chi connectivity index (χ3n) is 2.07. The summed E-state index contributed by atoms with van der Waals surface area (Å²) in [5.41, 5.74) is -0.655. The van der Waals surface area contributed by atoms with Crippen molar-refractivity contribution in [3.8, 4) is 6.07 Å². The number of carbonyl (C=O) groups is 1. The highest BCUT2D eigenvalue weighted by atomic mass is 19.1. The molecule has 108 valence electrons. The van der Waals surface area contributed by atoms with Gasteiger partial charge in [-0.1, -0.05) is 0 Å². The Balaban J connectivity index is 2.33. The lowest BCUT2D eigenvalue weighted by Gasteiger charge is -2.19. The predicted octanol–water partition coefficient (Wildman–Crippen LogP) is 2.03. The molecule has 1 aromatic heterocycles. The lowest BCUT2D eigenvalue weighted by Crippen LogP contribution is -2.35. The van der Waals surface area contributed by atoms with Crippen molar-refractivity contribution in [1.29, 1.82) is 5.26 Å². The van der Waals surface area contributed by atoms with Crippen LogP contribution in [0.5, 0.6) is 0 Å². The molecule has 0 bridgehead atoms. The number of ether oxygens (including phenoxy) is 1. The summed E-state index contributed by atoms with van der Waals surface area (Å²) < 4.78 is 18.3. The number of nitrogens with zero attached hydrogens (tertiary/aromatic N) is 2. The number of hydrogen-bond donors (Lipinski definition) is 2. The van der Waals surface area contributed by atoms with Gasteiger partial charge in [-0.15, -0.1) is 0 Å². The van der Waals surface area contributed by atoms with E-state index in [-0.39, 0.29) is 5.56 Å². The monoisotopic (exact) mass is 280 g/mol. The Kier molecular flexibility index (Phi) is 5.26. The van der Waals surface area contributed by atoms with E-state index in [0.29, 0.717) is 18.9 Å². The summed E-state index contributed by atoms with van der Waals surface area (Å²) in [6.45, 7) is 5.98. The van der Waals surface area contributed by atoms with Crippen molar-refractivity contribution in [2.45, 2.75) is 26.4 Å². The summed E-state index contributed by atoms with van der Waals surface area (Å²) in [4.78, 5) is 15.2. The standard InChI is InChI=1S/C13H17FN4O2/c1-13(2,3)20-12(19)17-5-4-16-11-6-10(14)9(7-15)8-18-11/h6,8H,4-5H2,1-3H3,(H,16,18)(H,17,19). The highest BCUT2D eigenvalue weighted by molar-refractivity contribution is 5.67. The van der Waals surface area contributed by atoms with Crippen LogP contribution in [0.25, 0.3) is 0 Å². The van der Waals surface area contributed by atoms with Crippen molar-refractivity contribution in [2.24, 2.45) is 0 Å². The summed E-state index contributed by atoms with van der Waals surface area (Å²) in [6.07, 6.45) is 0.636. The minimum Gasteiger partial charge on any atom is -0.444 e. The van der Waals surface area contributed by atoms with E-state index in [1.54, 1.807) is 26.8 Å². The number of nitrogens with one attached hydrogen (secondary N) is 2. The van der Waals surface area contributed by atoms with Crippen molar-refractivity contribution in [3.63, 3.8) is 0 Å². The van der Waals surface area contributed by atoms with Gasteiger partial charge in [-0.25, -0.2) is 14.2 Å². The Morgan fingerprint density at radius 3 is 2.75 bits per heavy atom. The van der Waals surface area contributed by atoms with Gasteiger partial charge in [0.25, 0.3) is 0 Å². The first-order valence-corrected chi connectivity index (χ1v) is 6.08. The molecule has 1 heterocycles. The molecule has 0 saturated heterocycles. The summed E-state index contributed by atoms with van der Waals surface area (Å²) in [5.74, 6) is -0.336. The van der Waals surface area contributed by atoms with Crippen molar-refractivity contribution in [1.82, 2.24) is 10.3 Å². The fourth-order valence-corrected chi connectivity index (χ4v) is 1.28. The molecule has 2 N–H and O–H groups in total. The fraction of sp³-hybridized carbons (Fsp3) is 0.462. The second kappa shape index (κ2) is 6.70. The van der Waals surface area contributed by atoms with Gasteiger partial charge >= 0.3 is 6.09 Å². The topological polar surface area (TPSA) is 87.0 Å². The van der Waals surface area contributed by atoms with Gasteiger partial charge < -0.3 is 15.4 Å². The summed E-state index contributed by atoms with van der Waals surface area (Å²) in [6, 6.07) is 2.82. The normalized spacial score (nSPS) is 10.6. The first-order chi connectivity index (χ1) is 9.31. The van der Waals surface area contributed by atoms with E-state index in [9.17, 15) is 9.18 Å². The molecule has 7 heteroatoms. The molecule has 1 amide bonds. The highest BCUT2D eigenvalue weighted by Crippen LogP contribution is 2.09. The van der Waals surface area contributed by atoms with E-state index in [1.165, 1.54) is 0 Å². The van der Waals surface area contributed by atoms with Crippen molar-refractivity contribution >= 4 is 11.9 Å². The number of nitriles is 1. The first kappa shape index (κ1) is 15.7. The zero-order chi connectivity index (χ0) is 15.2. The molecule has 0 unspecified atom stereocenters. The molecule has 0 atom stereocenters. The Labute approximate surface area is 117 Å². The molecule has 20 heavy (non-hydrogen) atoms. The molecule has 0 fully saturated rings.